The number of halogens is 2. The van der Waals surface area contributed by atoms with E-state index >= 15 is 0 Å². The maximum Gasteiger partial charge on any atom is 0.169 e. The van der Waals surface area contributed by atoms with Gasteiger partial charge in [0.1, 0.15) is 0 Å². The van der Waals surface area contributed by atoms with Gasteiger partial charge in [-0.05, 0) is 48.3 Å². The molecule has 0 unspecified atom stereocenters. The molecule has 0 spiro atoms. The summed E-state index contributed by atoms with van der Waals surface area (Å²) < 4.78 is -0.531. The van der Waals surface area contributed by atoms with E-state index in [0.29, 0.717) is 0 Å². The van der Waals surface area contributed by atoms with Gasteiger partial charge in [0.15, 0.2) is 4.33 Å². The second-order valence-corrected chi connectivity index (χ2v) is 14.0. The van der Waals surface area contributed by atoms with Crippen LogP contribution in [0.1, 0.15) is 53.4 Å². The third kappa shape index (κ3) is 2.34. The molecule has 2 heterocycles. The van der Waals surface area contributed by atoms with E-state index in [1.54, 1.807) is 0 Å². The van der Waals surface area contributed by atoms with Crippen molar-refractivity contribution in [3.8, 4) is 0 Å². The predicted molar refractivity (Wildman–Crippen MR) is 91.6 cm³/mol. The fourth-order valence-electron chi connectivity index (χ4n) is 4.05. The van der Waals surface area contributed by atoms with Crippen molar-refractivity contribution < 1.29 is 0 Å². The minimum Gasteiger partial charge on any atom is -0.0908 e. The van der Waals surface area contributed by atoms with E-state index < -0.39 is 4.33 Å². The SMILES string of the molecule is C[C@@H]1CC[C@@H](C)P1C1=C(P2[C@H](C)CC[C@H]2C)C1(Cl)Cl. The van der Waals surface area contributed by atoms with E-state index in [9.17, 15) is 0 Å². The second-order valence-electron chi connectivity index (χ2n) is 6.64. The first-order valence-electron chi connectivity index (χ1n) is 7.55. The molecule has 2 aliphatic heterocycles. The smallest absolute Gasteiger partial charge is 0.0908 e. The van der Waals surface area contributed by atoms with Crippen LogP contribution >= 0.6 is 39.0 Å². The first-order valence-corrected chi connectivity index (χ1v) is 11.3. The lowest BCUT2D eigenvalue weighted by molar-refractivity contribution is 0.777. The van der Waals surface area contributed by atoms with Gasteiger partial charge in [0.05, 0.1) is 0 Å². The summed E-state index contributed by atoms with van der Waals surface area (Å²) in [6, 6.07) is 0. The standard InChI is InChI=1S/C15H24Cl2P2/c1-9-5-6-10(2)18(9)13-14(15(13,16)17)19-11(3)7-8-12(19)4/h9-12H,5-8H2,1-4H3/t9-,10-,11-,12-/m1/s1. The molecule has 108 valence electrons. The number of rotatable bonds is 2. The quantitative estimate of drug-likeness (QED) is 0.399. The maximum atomic E-state index is 6.72. The van der Waals surface area contributed by atoms with Gasteiger partial charge in [0.25, 0.3) is 0 Å². The van der Waals surface area contributed by atoms with Crippen molar-refractivity contribution in [1.29, 1.82) is 0 Å². The van der Waals surface area contributed by atoms with E-state index in [-0.39, 0.29) is 15.8 Å². The van der Waals surface area contributed by atoms with Crippen molar-refractivity contribution in [2.75, 3.05) is 0 Å². The molecule has 0 aromatic rings. The highest BCUT2D eigenvalue weighted by Gasteiger charge is 2.60. The molecule has 0 amide bonds. The van der Waals surface area contributed by atoms with Crippen molar-refractivity contribution in [2.45, 2.75) is 80.3 Å². The van der Waals surface area contributed by atoms with Gasteiger partial charge in [-0.2, -0.15) is 0 Å². The zero-order chi connectivity index (χ0) is 13.9. The van der Waals surface area contributed by atoms with E-state index in [4.69, 9.17) is 23.2 Å². The normalized spacial score (nSPS) is 43.3. The Kier molecular flexibility index (Phi) is 4.07. The first kappa shape index (κ1) is 15.1. The van der Waals surface area contributed by atoms with E-state index in [0.717, 1.165) is 22.6 Å². The number of alkyl halides is 2. The molecule has 3 aliphatic rings. The molecular weight excluding hydrogens is 313 g/mol. The Morgan fingerprint density at radius 2 is 1.00 bits per heavy atom. The van der Waals surface area contributed by atoms with Gasteiger partial charge in [-0.3, -0.25) is 0 Å². The van der Waals surface area contributed by atoms with Crippen LogP contribution in [0.2, 0.25) is 0 Å². The Hall–Kier alpha value is 1.18. The zero-order valence-corrected chi connectivity index (χ0v) is 15.6. The Morgan fingerprint density at radius 1 is 0.737 bits per heavy atom. The topological polar surface area (TPSA) is 0 Å². The average Bonchev–Trinajstić information content (AvgIpc) is 2.60. The van der Waals surface area contributed by atoms with Crippen LogP contribution in [-0.4, -0.2) is 27.0 Å². The van der Waals surface area contributed by atoms with Gasteiger partial charge in [-0.15, -0.1) is 0 Å². The van der Waals surface area contributed by atoms with E-state index in [1.807, 2.05) is 0 Å². The molecular formula is C15H24Cl2P2. The summed E-state index contributed by atoms with van der Waals surface area (Å²) in [6.07, 6.45) is 5.49. The van der Waals surface area contributed by atoms with Crippen LogP contribution < -0.4 is 0 Å². The molecule has 0 N–H and O–H groups in total. The van der Waals surface area contributed by atoms with Gasteiger partial charge in [-0.1, -0.05) is 66.7 Å². The molecule has 0 saturated carbocycles. The van der Waals surface area contributed by atoms with E-state index in [1.165, 1.54) is 36.3 Å². The lowest BCUT2D eigenvalue weighted by Gasteiger charge is -2.19. The largest absolute Gasteiger partial charge is 0.169 e. The fraction of sp³-hybridized carbons (Fsp3) is 0.867. The van der Waals surface area contributed by atoms with Crippen LogP contribution in [-0.2, 0) is 0 Å². The summed E-state index contributed by atoms with van der Waals surface area (Å²) in [5, 5.41) is 3.05. The third-order valence-electron chi connectivity index (χ3n) is 5.18. The molecule has 3 rings (SSSR count). The summed E-state index contributed by atoms with van der Waals surface area (Å²) in [4.78, 5) is 0. The minimum atomic E-state index is -0.531. The fourth-order valence-corrected chi connectivity index (χ4v) is 13.3. The van der Waals surface area contributed by atoms with Crippen LogP contribution in [0, 0.1) is 0 Å². The van der Waals surface area contributed by atoms with Crippen molar-refractivity contribution in [3.63, 3.8) is 0 Å². The van der Waals surface area contributed by atoms with E-state index in [2.05, 4.69) is 27.7 Å². The molecule has 2 fully saturated rings. The van der Waals surface area contributed by atoms with Gasteiger partial charge in [0.2, 0.25) is 0 Å². The molecule has 0 bridgehead atoms. The monoisotopic (exact) mass is 336 g/mol. The molecule has 2 saturated heterocycles. The second kappa shape index (κ2) is 5.12. The van der Waals surface area contributed by atoms with Gasteiger partial charge in [-0.25, -0.2) is 0 Å². The molecule has 0 radical (unpaired) electrons. The van der Waals surface area contributed by atoms with Crippen LogP contribution in [0.25, 0.3) is 0 Å². The number of hydrogen-bond acceptors (Lipinski definition) is 0. The Bertz CT molecular complexity index is 362. The Morgan fingerprint density at radius 3 is 1.26 bits per heavy atom. The van der Waals surface area contributed by atoms with Crippen LogP contribution in [0.4, 0.5) is 0 Å². The summed E-state index contributed by atoms with van der Waals surface area (Å²) in [7, 11) is -0.130. The first-order chi connectivity index (χ1) is 8.85. The maximum absolute atomic E-state index is 6.72. The molecule has 4 atom stereocenters. The molecule has 0 nitrogen and oxygen atoms in total. The molecule has 0 aromatic carbocycles. The lowest BCUT2D eigenvalue weighted by atomic mass is 10.2. The Labute approximate surface area is 130 Å². The third-order valence-corrected chi connectivity index (χ3v) is 13.6. The van der Waals surface area contributed by atoms with Gasteiger partial charge >= 0.3 is 0 Å². The number of allylic oxidation sites excluding steroid dienone is 2. The van der Waals surface area contributed by atoms with Crippen LogP contribution in [0.15, 0.2) is 10.6 Å². The van der Waals surface area contributed by atoms with Gasteiger partial charge < -0.3 is 0 Å². The van der Waals surface area contributed by atoms with Crippen molar-refractivity contribution in [3.05, 3.63) is 10.6 Å². The average molecular weight is 337 g/mol. The highest BCUT2D eigenvalue weighted by Crippen LogP contribution is 2.83. The highest BCUT2D eigenvalue weighted by molar-refractivity contribution is 7.70. The van der Waals surface area contributed by atoms with Crippen molar-refractivity contribution in [2.24, 2.45) is 0 Å². The highest BCUT2D eigenvalue weighted by atomic mass is 35.5. The number of hydrogen-bond donors (Lipinski definition) is 0. The van der Waals surface area contributed by atoms with Crippen LogP contribution in [0.3, 0.4) is 0 Å². The van der Waals surface area contributed by atoms with Crippen LogP contribution in [0.5, 0.6) is 0 Å². The molecule has 0 aromatic heterocycles. The predicted octanol–water partition coefficient (Wildman–Crippen LogP) is 6.49. The molecule has 19 heavy (non-hydrogen) atoms. The molecule has 4 heteroatoms. The zero-order valence-electron chi connectivity index (χ0n) is 12.3. The van der Waals surface area contributed by atoms with Gasteiger partial charge in [0, 0.05) is 10.6 Å². The lowest BCUT2D eigenvalue weighted by Crippen LogP contribution is -2.02. The summed E-state index contributed by atoms with van der Waals surface area (Å²) in [5.41, 5.74) is 3.32. The Balaban J connectivity index is 1.91. The summed E-state index contributed by atoms with van der Waals surface area (Å²) in [5.74, 6) is 0. The summed E-state index contributed by atoms with van der Waals surface area (Å²) in [6.45, 7) is 9.65. The molecule has 1 aliphatic carbocycles. The minimum absolute atomic E-state index is 0.0650. The van der Waals surface area contributed by atoms with Crippen molar-refractivity contribution in [1.82, 2.24) is 0 Å². The summed E-state index contributed by atoms with van der Waals surface area (Å²) >= 11 is 13.4. The van der Waals surface area contributed by atoms with Crippen molar-refractivity contribution >= 4 is 39.0 Å².